The average Bonchev–Trinajstić information content (AvgIpc) is 0.833. The molecule has 6 rings (SSSR count). The maximum atomic E-state index is 14.9. The molecule has 528 valence electrons. The molecule has 9 atom stereocenters. The van der Waals surface area contributed by atoms with Gasteiger partial charge in [-0.05, 0) is 82.8 Å². The highest BCUT2D eigenvalue weighted by Gasteiger charge is 2.45. The summed E-state index contributed by atoms with van der Waals surface area (Å²) in [6.07, 6.45) is -2.06. The number of carbonyl (C=O) groups is 14. The summed E-state index contributed by atoms with van der Waals surface area (Å²) in [7, 11) is -2.53. The molecule has 2 aliphatic rings. The van der Waals surface area contributed by atoms with E-state index in [-0.39, 0.29) is 50.0 Å². The van der Waals surface area contributed by atoms with Gasteiger partial charge in [0.05, 0.1) is 18.7 Å². The largest absolute Gasteiger partial charge is 0.508 e. The summed E-state index contributed by atoms with van der Waals surface area (Å²) in [6, 6.07) is 9.38. The molecule has 4 aromatic rings. The normalized spacial score (nSPS) is 23.5. The van der Waals surface area contributed by atoms with E-state index in [2.05, 4.69) is 53.2 Å². The lowest BCUT2D eigenvalue weighted by atomic mass is 9.80. The fourth-order valence-corrected chi connectivity index (χ4v) is 12.4. The number of amides is 12. The van der Waals surface area contributed by atoms with Crippen molar-refractivity contribution in [3.8, 4) is 11.5 Å². The van der Waals surface area contributed by atoms with E-state index in [1.807, 2.05) is 12.1 Å². The van der Waals surface area contributed by atoms with Crippen LogP contribution in [0.3, 0.4) is 0 Å². The van der Waals surface area contributed by atoms with Crippen LogP contribution in [0.25, 0.3) is 10.8 Å². The van der Waals surface area contributed by atoms with E-state index in [4.69, 9.17) is 11.5 Å². The second kappa shape index (κ2) is 35.5. The molecule has 32 heteroatoms. The predicted molar refractivity (Wildman–Crippen MR) is 352 cm³/mol. The molecule has 0 aromatic heterocycles. The van der Waals surface area contributed by atoms with Crippen LogP contribution in [0.2, 0.25) is 0 Å². The van der Waals surface area contributed by atoms with Gasteiger partial charge in [0, 0.05) is 36.5 Å². The Morgan fingerprint density at radius 1 is 0.531 bits per heavy atom. The molecule has 1 unspecified atom stereocenters. The van der Waals surface area contributed by atoms with E-state index < -0.39 is 196 Å². The molecule has 1 saturated heterocycles. The number of rotatable bonds is 16. The monoisotopic (exact) mass is 1380 g/mol. The average molecular weight is 1380 g/mol. The lowest BCUT2D eigenvalue weighted by Gasteiger charge is -2.39. The summed E-state index contributed by atoms with van der Waals surface area (Å²) in [4.78, 5) is 195. The summed E-state index contributed by atoms with van der Waals surface area (Å²) in [5.41, 5.74) is 10.7. The van der Waals surface area contributed by atoms with Crippen molar-refractivity contribution >= 4 is 104 Å². The second-order valence-electron chi connectivity index (χ2n) is 25.1. The van der Waals surface area contributed by atoms with Crippen molar-refractivity contribution in [3.05, 3.63) is 108 Å². The number of carboxylic acids is 2. The zero-order valence-corrected chi connectivity index (χ0v) is 55.2. The predicted octanol–water partition coefficient (Wildman–Crippen LogP) is -1.91. The molecule has 31 nitrogen and oxygen atoms in total. The Kier molecular flexibility index (Phi) is 27.7. The number of phenols is 2. The number of hydrogen-bond donors (Lipinski definition) is 16. The third-order valence-electron chi connectivity index (χ3n) is 16.5. The SMILES string of the molecule is CC(C)C[C@H]1NC(=O)[C@H](CC(C(=O)O)C(=O)O)NC(=O)CS(=O)C[C@@H](C(N)=O)NC(=O)[C@H](Cc2ccc(O)cc2)NC(=O)[C@@H](Cc2ccc3ccccc3c2)NC(=O)CNC(=O)[C@@H](C(C)C)NC(=O)[C@H](CC(N)=O)NC(=O)C2(CCCCC2)NC(=O)[C@H](Cc2ccc(O)cc2)NC1=O. The van der Waals surface area contributed by atoms with Gasteiger partial charge in [0.15, 0.2) is 5.92 Å². The van der Waals surface area contributed by atoms with Crippen LogP contribution in [0, 0.1) is 17.8 Å². The summed E-state index contributed by atoms with van der Waals surface area (Å²) >= 11 is 0. The third kappa shape index (κ3) is 22.8. The van der Waals surface area contributed by atoms with Crippen LogP contribution >= 0.6 is 0 Å². The number of aliphatic carboxylic acids is 2. The molecule has 2 fully saturated rings. The van der Waals surface area contributed by atoms with Crippen molar-refractivity contribution in [2.24, 2.45) is 29.2 Å². The van der Waals surface area contributed by atoms with Crippen LogP contribution in [0.5, 0.6) is 11.5 Å². The molecule has 1 saturated carbocycles. The molecule has 0 bridgehead atoms. The van der Waals surface area contributed by atoms with E-state index in [1.54, 1.807) is 44.2 Å². The molecule has 98 heavy (non-hydrogen) atoms. The number of nitrogens with one attached hydrogen (secondary N) is 10. The molecular weight excluding hydrogens is 1300 g/mol. The second-order valence-corrected chi connectivity index (χ2v) is 26.6. The maximum Gasteiger partial charge on any atom is 0.317 e. The first-order valence-corrected chi connectivity index (χ1v) is 33.2. The van der Waals surface area contributed by atoms with Crippen LogP contribution < -0.4 is 64.6 Å². The standard InChI is InChI=1S/C66H84N12O19S/c1-34(2)24-44-56(85)74-47(27-37-15-20-42(80)21-16-37)61(90)78-66(22-8-5-9-23-66)65(96)76-49(30-51(67)81)60(89)77-54(35(3)4)62(91)69-31-52(82)70-45(28-38-12-17-39-10-6-7-11-40(39)25-38)57(86)73-46(26-36-13-18-41(79)19-14-36)58(87)75-50(55(68)84)32-98(97)33-53(83)71-48(59(88)72-44)29-43(63(92)93)64(94)95/h6-7,10-21,25,34-35,43-50,54,79-80H,5,8-9,22-24,26-33H2,1-4H3,(H2,67,81)(H2,68,84)(H,69,91)(H,70,82)(H,71,83)(H,72,88)(H,73,86)(H,74,85)(H,75,87)(H,76,96)(H,77,89)(H,78,90)(H,92,93)(H,94,95)/t44-,45-,46+,47+,48+,49+,50+,54-,98?/m1/s1. The van der Waals surface area contributed by atoms with Crippen LogP contribution in [0.15, 0.2) is 91.0 Å². The number of nitrogens with two attached hydrogens (primary N) is 2. The number of benzene rings is 4. The van der Waals surface area contributed by atoms with Gasteiger partial charge in [0.25, 0.3) is 0 Å². The lowest BCUT2D eigenvalue weighted by molar-refractivity contribution is -0.155. The Morgan fingerprint density at radius 3 is 1.55 bits per heavy atom. The fourth-order valence-electron chi connectivity index (χ4n) is 11.3. The quantitative estimate of drug-likeness (QED) is 0.0545. The van der Waals surface area contributed by atoms with E-state index >= 15 is 0 Å². The van der Waals surface area contributed by atoms with Crippen molar-refractivity contribution in [1.82, 2.24) is 53.2 Å². The summed E-state index contributed by atoms with van der Waals surface area (Å²) < 4.78 is 13.9. The highest BCUT2D eigenvalue weighted by atomic mass is 32.2. The number of carbonyl (C=O) groups excluding carboxylic acids is 12. The number of carboxylic acid groups (broad SMARTS) is 2. The zero-order chi connectivity index (χ0) is 72.1. The Balaban J connectivity index is 1.43. The van der Waals surface area contributed by atoms with Gasteiger partial charge in [-0.1, -0.05) is 114 Å². The number of fused-ring (bicyclic) bond motifs is 1. The van der Waals surface area contributed by atoms with Crippen LogP contribution in [-0.2, 0) is 97.2 Å². The van der Waals surface area contributed by atoms with Gasteiger partial charge in [-0.25, -0.2) is 0 Å². The van der Waals surface area contributed by atoms with Crippen LogP contribution in [0.1, 0.15) is 95.8 Å². The first-order chi connectivity index (χ1) is 46.3. The highest BCUT2D eigenvalue weighted by Crippen LogP contribution is 2.30. The smallest absolute Gasteiger partial charge is 0.317 e. The Hall–Kier alpha value is -10.5. The van der Waals surface area contributed by atoms with Gasteiger partial charge >= 0.3 is 11.9 Å². The topological polar surface area (TPSA) is 509 Å². The van der Waals surface area contributed by atoms with E-state index in [0.29, 0.717) is 36.0 Å². The van der Waals surface area contributed by atoms with Crippen molar-refractivity contribution in [1.29, 1.82) is 0 Å². The molecule has 18 N–H and O–H groups in total. The van der Waals surface area contributed by atoms with Gasteiger partial charge in [0.2, 0.25) is 70.9 Å². The van der Waals surface area contributed by atoms with Crippen molar-refractivity contribution in [2.45, 2.75) is 152 Å². The first kappa shape index (κ1) is 76.5. The molecule has 1 heterocycles. The van der Waals surface area contributed by atoms with Gasteiger partial charge in [-0.2, -0.15) is 0 Å². The number of hydrogen-bond acceptors (Lipinski definition) is 17. The molecule has 4 aromatic carbocycles. The van der Waals surface area contributed by atoms with Gasteiger partial charge in [0.1, 0.15) is 71.1 Å². The van der Waals surface area contributed by atoms with E-state index in [1.165, 1.54) is 62.4 Å². The van der Waals surface area contributed by atoms with Crippen LogP contribution in [-0.4, -0.2) is 179 Å². The molecular formula is C66H84N12O19S. The summed E-state index contributed by atoms with van der Waals surface area (Å²) in [5, 5.41) is 66.6. The minimum Gasteiger partial charge on any atom is -0.508 e. The van der Waals surface area contributed by atoms with Crippen molar-refractivity contribution < 1.29 is 91.8 Å². The first-order valence-electron chi connectivity index (χ1n) is 31.7. The third-order valence-corrected chi connectivity index (χ3v) is 17.8. The van der Waals surface area contributed by atoms with E-state index in [9.17, 15) is 91.8 Å². The van der Waals surface area contributed by atoms with Gasteiger partial charge < -0.3 is 85.1 Å². The minimum absolute atomic E-state index is 0.0548. The molecule has 12 amide bonds. The maximum absolute atomic E-state index is 14.9. The minimum atomic E-state index is -2.53. The molecule has 1 aliphatic carbocycles. The molecule has 1 aliphatic heterocycles. The van der Waals surface area contributed by atoms with Crippen molar-refractivity contribution in [2.75, 3.05) is 18.1 Å². The number of primary amides is 2. The molecule has 1 spiro atoms. The molecule has 0 radical (unpaired) electrons. The zero-order valence-electron chi connectivity index (χ0n) is 54.4. The number of phenolic OH excluding ortho intramolecular Hbond substituents is 2. The van der Waals surface area contributed by atoms with Gasteiger partial charge in [-0.15, -0.1) is 0 Å². The highest BCUT2D eigenvalue weighted by molar-refractivity contribution is 7.85. The van der Waals surface area contributed by atoms with Crippen LogP contribution in [0.4, 0.5) is 0 Å². The lowest BCUT2D eigenvalue weighted by Crippen LogP contribution is -2.66. The van der Waals surface area contributed by atoms with Crippen molar-refractivity contribution in [3.63, 3.8) is 0 Å². The summed E-state index contributed by atoms with van der Waals surface area (Å²) in [5.74, 6) is -23.1. The van der Waals surface area contributed by atoms with Gasteiger partial charge in [-0.3, -0.25) is 71.3 Å². The number of aromatic hydroxyl groups is 2. The Morgan fingerprint density at radius 2 is 1.01 bits per heavy atom. The Labute approximate surface area is 565 Å². The van der Waals surface area contributed by atoms with E-state index in [0.717, 1.165) is 10.8 Å². The fraction of sp³-hybridized carbons (Fsp3) is 0.455. The summed E-state index contributed by atoms with van der Waals surface area (Å²) in [6.45, 7) is 5.51. The Bertz CT molecular complexity index is 3640.